The van der Waals surface area contributed by atoms with E-state index in [1.807, 2.05) is 0 Å². The molecule has 92 valence electrons. The quantitative estimate of drug-likeness (QED) is 0.796. The Morgan fingerprint density at radius 2 is 1.94 bits per heavy atom. The van der Waals surface area contributed by atoms with Crippen molar-refractivity contribution in [1.29, 1.82) is 0 Å². The lowest BCUT2D eigenvalue weighted by molar-refractivity contribution is -0.0443. The minimum atomic E-state index is -2.62. The molecular formula is C12H13F2NO2. The maximum absolute atomic E-state index is 13.2. The molecule has 1 saturated heterocycles. The molecule has 1 atom stereocenters. The van der Waals surface area contributed by atoms with Gasteiger partial charge in [-0.1, -0.05) is 6.07 Å². The first-order valence-electron chi connectivity index (χ1n) is 5.60. The van der Waals surface area contributed by atoms with E-state index < -0.39 is 17.6 Å². The van der Waals surface area contributed by atoms with Crippen LogP contribution in [-0.4, -0.2) is 24.1 Å². The lowest BCUT2D eigenvalue weighted by atomic mass is 10.0. The fourth-order valence-corrected chi connectivity index (χ4v) is 2.10. The number of hydrogen-bond donors (Lipinski definition) is 0. The first-order valence-corrected chi connectivity index (χ1v) is 5.60. The Kier molecular flexibility index (Phi) is 2.25. The number of alkyl halides is 2. The second-order valence-electron chi connectivity index (χ2n) is 4.76. The Labute approximate surface area is 97.8 Å². The molecule has 1 unspecified atom stereocenters. The van der Waals surface area contributed by atoms with Crippen LogP contribution in [0.25, 0.3) is 0 Å². The maximum atomic E-state index is 13.2. The molecule has 1 saturated carbocycles. The zero-order valence-electron chi connectivity index (χ0n) is 9.45. The van der Waals surface area contributed by atoms with E-state index in [0.29, 0.717) is 18.9 Å². The highest BCUT2D eigenvalue weighted by molar-refractivity contribution is 5.32. The number of ether oxygens (including phenoxy) is 2. The van der Waals surface area contributed by atoms with E-state index in [9.17, 15) is 8.78 Å². The van der Waals surface area contributed by atoms with Crippen molar-refractivity contribution in [3.8, 4) is 0 Å². The fraction of sp³-hybridized carbons (Fsp3) is 0.583. The Hall–Kier alpha value is -1.07. The third kappa shape index (κ3) is 1.65. The molecule has 17 heavy (non-hydrogen) atoms. The van der Waals surface area contributed by atoms with Crippen molar-refractivity contribution in [3.63, 3.8) is 0 Å². The smallest absolute Gasteiger partial charge is 0.260 e. The van der Waals surface area contributed by atoms with E-state index >= 15 is 0 Å². The number of nitrogens with zero attached hydrogens (tertiary/aromatic N) is 1. The molecule has 1 aliphatic carbocycles. The summed E-state index contributed by atoms with van der Waals surface area (Å²) in [5.74, 6) is -2.62. The van der Waals surface area contributed by atoms with Gasteiger partial charge in [-0.2, -0.15) is 0 Å². The van der Waals surface area contributed by atoms with Gasteiger partial charge in [-0.3, -0.25) is 4.98 Å². The molecule has 1 aromatic heterocycles. The standard InChI is InChI=1S/C12H13F2NO2/c1-11(7-12(11,13)14)9-3-2-8(6-15-9)10-16-4-5-17-10/h2-3,6,10H,4-5,7H2,1H3. The topological polar surface area (TPSA) is 31.4 Å². The van der Waals surface area contributed by atoms with Crippen LogP contribution in [0.5, 0.6) is 0 Å². The zero-order valence-corrected chi connectivity index (χ0v) is 9.45. The van der Waals surface area contributed by atoms with E-state index in [1.54, 1.807) is 18.3 Å². The van der Waals surface area contributed by atoms with Gasteiger partial charge in [-0.05, 0) is 13.0 Å². The Balaban J connectivity index is 1.81. The second kappa shape index (κ2) is 3.46. The second-order valence-corrected chi connectivity index (χ2v) is 4.76. The molecule has 0 spiro atoms. The van der Waals surface area contributed by atoms with Crippen LogP contribution in [0.4, 0.5) is 8.78 Å². The molecule has 0 radical (unpaired) electrons. The highest BCUT2D eigenvalue weighted by Gasteiger charge is 2.69. The lowest BCUT2D eigenvalue weighted by Gasteiger charge is -2.12. The number of aromatic nitrogens is 1. The summed E-state index contributed by atoms with van der Waals surface area (Å²) >= 11 is 0. The molecule has 2 heterocycles. The molecule has 3 nitrogen and oxygen atoms in total. The molecular weight excluding hydrogens is 228 g/mol. The molecule has 0 bridgehead atoms. The van der Waals surface area contributed by atoms with Crippen molar-refractivity contribution in [2.45, 2.75) is 31.0 Å². The van der Waals surface area contributed by atoms with Crippen molar-refractivity contribution in [2.24, 2.45) is 0 Å². The van der Waals surface area contributed by atoms with E-state index in [0.717, 1.165) is 5.56 Å². The number of pyridine rings is 1. The largest absolute Gasteiger partial charge is 0.346 e. The van der Waals surface area contributed by atoms with Gasteiger partial charge < -0.3 is 9.47 Å². The van der Waals surface area contributed by atoms with Gasteiger partial charge in [0.15, 0.2) is 6.29 Å². The summed E-state index contributed by atoms with van der Waals surface area (Å²) in [6.45, 7) is 2.65. The summed E-state index contributed by atoms with van der Waals surface area (Å²) in [6, 6.07) is 3.39. The van der Waals surface area contributed by atoms with E-state index in [-0.39, 0.29) is 6.42 Å². The van der Waals surface area contributed by atoms with Crippen LogP contribution < -0.4 is 0 Å². The minimum absolute atomic E-state index is 0.122. The SMILES string of the molecule is CC1(c2ccc(C3OCCO3)cn2)CC1(F)F. The molecule has 1 aliphatic heterocycles. The van der Waals surface area contributed by atoms with E-state index in [2.05, 4.69) is 4.98 Å². The fourth-order valence-electron chi connectivity index (χ4n) is 2.10. The molecule has 5 heteroatoms. The van der Waals surface area contributed by atoms with Crippen molar-refractivity contribution < 1.29 is 18.3 Å². The van der Waals surface area contributed by atoms with Crippen LogP contribution in [0.3, 0.4) is 0 Å². The van der Waals surface area contributed by atoms with Gasteiger partial charge in [0, 0.05) is 18.2 Å². The summed E-state index contributed by atoms with van der Waals surface area (Å²) in [5, 5.41) is 0. The molecule has 1 aromatic rings. The summed E-state index contributed by atoms with van der Waals surface area (Å²) in [4.78, 5) is 4.11. The van der Waals surface area contributed by atoms with Crippen LogP contribution in [0.15, 0.2) is 18.3 Å². The lowest BCUT2D eigenvalue weighted by Crippen LogP contribution is -2.14. The maximum Gasteiger partial charge on any atom is 0.260 e. The monoisotopic (exact) mass is 241 g/mol. The normalized spacial score (nSPS) is 31.7. The van der Waals surface area contributed by atoms with Crippen LogP contribution >= 0.6 is 0 Å². The van der Waals surface area contributed by atoms with Crippen molar-refractivity contribution >= 4 is 0 Å². The van der Waals surface area contributed by atoms with Crippen molar-refractivity contribution in [1.82, 2.24) is 4.98 Å². The Morgan fingerprint density at radius 1 is 1.29 bits per heavy atom. The van der Waals surface area contributed by atoms with Gasteiger partial charge in [0.05, 0.1) is 24.3 Å². The summed E-state index contributed by atoms with van der Waals surface area (Å²) in [5.41, 5.74) is 0.117. The predicted octanol–water partition coefficient (Wildman–Crippen LogP) is 2.42. The van der Waals surface area contributed by atoms with Gasteiger partial charge in [-0.25, -0.2) is 8.78 Å². The summed E-state index contributed by atoms with van der Waals surface area (Å²) in [7, 11) is 0. The number of rotatable bonds is 2. The summed E-state index contributed by atoms with van der Waals surface area (Å²) < 4.78 is 37.0. The summed E-state index contributed by atoms with van der Waals surface area (Å²) in [6.07, 6.45) is 1.04. The van der Waals surface area contributed by atoms with Gasteiger partial charge in [-0.15, -0.1) is 0 Å². The first kappa shape index (κ1) is 11.0. The third-order valence-corrected chi connectivity index (χ3v) is 3.50. The van der Waals surface area contributed by atoms with Crippen LogP contribution in [0.1, 0.15) is 30.9 Å². The number of hydrogen-bond acceptors (Lipinski definition) is 3. The average molecular weight is 241 g/mol. The first-order chi connectivity index (χ1) is 8.03. The van der Waals surface area contributed by atoms with E-state index in [4.69, 9.17) is 9.47 Å². The average Bonchev–Trinajstić information content (AvgIpc) is 2.75. The minimum Gasteiger partial charge on any atom is -0.346 e. The van der Waals surface area contributed by atoms with Gasteiger partial charge in [0.25, 0.3) is 5.92 Å². The molecule has 0 N–H and O–H groups in total. The van der Waals surface area contributed by atoms with Crippen LogP contribution in [0, 0.1) is 0 Å². The number of halogens is 2. The van der Waals surface area contributed by atoms with E-state index in [1.165, 1.54) is 6.92 Å². The van der Waals surface area contributed by atoms with Crippen LogP contribution in [-0.2, 0) is 14.9 Å². The molecule has 0 aromatic carbocycles. The molecule has 3 rings (SSSR count). The molecule has 2 fully saturated rings. The molecule has 0 amide bonds. The van der Waals surface area contributed by atoms with Crippen LogP contribution in [0.2, 0.25) is 0 Å². The zero-order chi connectivity index (χ0) is 12.1. The third-order valence-electron chi connectivity index (χ3n) is 3.50. The van der Waals surface area contributed by atoms with Gasteiger partial charge >= 0.3 is 0 Å². The highest BCUT2D eigenvalue weighted by Crippen LogP contribution is 2.60. The van der Waals surface area contributed by atoms with Gasteiger partial charge in [0.1, 0.15) is 0 Å². The molecule has 2 aliphatic rings. The van der Waals surface area contributed by atoms with Crippen molar-refractivity contribution in [3.05, 3.63) is 29.6 Å². The van der Waals surface area contributed by atoms with Crippen molar-refractivity contribution in [2.75, 3.05) is 13.2 Å². The Bertz CT molecular complexity index is 429. The highest BCUT2D eigenvalue weighted by atomic mass is 19.3. The Morgan fingerprint density at radius 3 is 2.41 bits per heavy atom. The predicted molar refractivity (Wildman–Crippen MR) is 55.8 cm³/mol. The van der Waals surface area contributed by atoms with Gasteiger partial charge in [0.2, 0.25) is 0 Å².